The Kier molecular flexibility index (Phi) is 6.05. The highest BCUT2D eigenvalue weighted by atomic mass is 16.2. The maximum absolute atomic E-state index is 12.7. The Morgan fingerprint density at radius 3 is 2.58 bits per heavy atom. The van der Waals surface area contributed by atoms with Crippen molar-refractivity contribution >= 4 is 5.91 Å². The van der Waals surface area contributed by atoms with Crippen LogP contribution < -0.4 is 11.1 Å². The summed E-state index contributed by atoms with van der Waals surface area (Å²) in [5, 5.41) is 3.09. The third-order valence-electron chi connectivity index (χ3n) is 5.48. The van der Waals surface area contributed by atoms with E-state index in [4.69, 9.17) is 5.73 Å². The molecule has 1 fully saturated rings. The Labute approximate surface area is 146 Å². The average molecular weight is 332 g/mol. The molecule has 3 N–H and O–H groups in total. The molecule has 24 heavy (non-hydrogen) atoms. The molecule has 0 aromatic heterocycles. The van der Waals surface area contributed by atoms with Crippen LogP contribution in [0.1, 0.15) is 52.5 Å². The Morgan fingerprint density at radius 1 is 1.29 bits per heavy atom. The maximum atomic E-state index is 12.7. The second-order valence-electron chi connectivity index (χ2n) is 7.93. The van der Waals surface area contributed by atoms with E-state index in [1.165, 1.54) is 19.3 Å². The summed E-state index contributed by atoms with van der Waals surface area (Å²) in [5.74, 6) is 0.656. The fraction of sp³-hybridized carbons (Fsp3) is 0.650. The standard InChI is InChI=1S/C20H33N3O/c1-5-16-10-9-13-23(14-16)19(2,3)15-22-18(24)20(4,21)17-11-7-6-8-12-17/h6-8,11-12,16H,5,9-10,13-15,21H2,1-4H3,(H,22,24). The van der Waals surface area contributed by atoms with Gasteiger partial charge in [-0.2, -0.15) is 0 Å². The van der Waals surface area contributed by atoms with Gasteiger partial charge < -0.3 is 11.1 Å². The van der Waals surface area contributed by atoms with E-state index >= 15 is 0 Å². The Hall–Kier alpha value is -1.39. The number of rotatable bonds is 6. The number of amides is 1. The summed E-state index contributed by atoms with van der Waals surface area (Å²) < 4.78 is 0. The zero-order valence-electron chi connectivity index (χ0n) is 15.6. The van der Waals surface area contributed by atoms with Crippen molar-refractivity contribution in [1.82, 2.24) is 10.2 Å². The molecule has 1 amide bonds. The van der Waals surface area contributed by atoms with Gasteiger partial charge in [-0.05, 0) is 51.6 Å². The summed E-state index contributed by atoms with van der Waals surface area (Å²) in [6.07, 6.45) is 3.80. The number of benzene rings is 1. The quantitative estimate of drug-likeness (QED) is 0.843. The lowest BCUT2D eigenvalue weighted by Gasteiger charge is -2.44. The van der Waals surface area contributed by atoms with Crippen LogP contribution in [0, 0.1) is 5.92 Å². The van der Waals surface area contributed by atoms with Gasteiger partial charge in [-0.25, -0.2) is 0 Å². The van der Waals surface area contributed by atoms with Gasteiger partial charge in [-0.1, -0.05) is 43.7 Å². The fourth-order valence-electron chi connectivity index (χ4n) is 3.46. The zero-order chi connectivity index (χ0) is 17.8. The number of hydrogen-bond acceptors (Lipinski definition) is 3. The molecule has 2 atom stereocenters. The van der Waals surface area contributed by atoms with E-state index in [1.54, 1.807) is 6.92 Å². The van der Waals surface area contributed by atoms with Crippen molar-refractivity contribution in [2.75, 3.05) is 19.6 Å². The molecule has 0 radical (unpaired) electrons. The Morgan fingerprint density at radius 2 is 1.96 bits per heavy atom. The largest absolute Gasteiger partial charge is 0.352 e. The van der Waals surface area contributed by atoms with Crippen LogP contribution in [0.2, 0.25) is 0 Å². The van der Waals surface area contributed by atoms with E-state index in [0.29, 0.717) is 6.54 Å². The highest BCUT2D eigenvalue weighted by Gasteiger charge is 2.34. The topological polar surface area (TPSA) is 58.4 Å². The number of piperidine rings is 1. The normalized spacial score (nSPS) is 22.0. The van der Waals surface area contributed by atoms with Crippen molar-refractivity contribution in [1.29, 1.82) is 0 Å². The van der Waals surface area contributed by atoms with Crippen molar-refractivity contribution in [3.05, 3.63) is 35.9 Å². The van der Waals surface area contributed by atoms with Gasteiger partial charge in [0.15, 0.2) is 0 Å². The summed E-state index contributed by atoms with van der Waals surface area (Å²) in [7, 11) is 0. The highest BCUT2D eigenvalue weighted by molar-refractivity contribution is 5.87. The van der Waals surface area contributed by atoms with Gasteiger partial charge in [0, 0.05) is 18.6 Å². The molecule has 1 aromatic rings. The molecule has 4 nitrogen and oxygen atoms in total. The third-order valence-corrected chi connectivity index (χ3v) is 5.48. The van der Waals surface area contributed by atoms with Crippen molar-refractivity contribution in [2.24, 2.45) is 11.7 Å². The van der Waals surface area contributed by atoms with Gasteiger partial charge in [0.05, 0.1) is 0 Å². The number of hydrogen-bond donors (Lipinski definition) is 2. The van der Waals surface area contributed by atoms with Crippen molar-refractivity contribution in [3.8, 4) is 0 Å². The minimum Gasteiger partial charge on any atom is -0.352 e. The minimum atomic E-state index is -1.01. The van der Waals surface area contributed by atoms with Crippen LogP contribution in [0.25, 0.3) is 0 Å². The maximum Gasteiger partial charge on any atom is 0.244 e. The summed E-state index contributed by atoms with van der Waals surface area (Å²) in [5.41, 5.74) is 6.08. The third kappa shape index (κ3) is 4.37. The van der Waals surface area contributed by atoms with E-state index < -0.39 is 5.54 Å². The lowest BCUT2D eigenvalue weighted by Crippen LogP contribution is -2.58. The van der Waals surface area contributed by atoms with Crippen LogP contribution in [0.15, 0.2) is 30.3 Å². The summed E-state index contributed by atoms with van der Waals surface area (Å²) >= 11 is 0. The predicted octanol–water partition coefficient (Wildman–Crippen LogP) is 2.88. The van der Waals surface area contributed by atoms with E-state index in [1.807, 2.05) is 30.3 Å². The van der Waals surface area contributed by atoms with E-state index in [9.17, 15) is 4.79 Å². The summed E-state index contributed by atoms with van der Waals surface area (Å²) in [6.45, 7) is 11.3. The number of nitrogens with two attached hydrogens (primary N) is 1. The number of nitrogens with one attached hydrogen (secondary N) is 1. The van der Waals surface area contributed by atoms with Crippen LogP contribution in [-0.2, 0) is 10.3 Å². The first kappa shape index (κ1) is 18.9. The van der Waals surface area contributed by atoms with Gasteiger partial charge in [0.1, 0.15) is 5.54 Å². The van der Waals surface area contributed by atoms with Crippen LogP contribution in [-0.4, -0.2) is 36.0 Å². The molecule has 1 heterocycles. The minimum absolute atomic E-state index is 0.0593. The monoisotopic (exact) mass is 331 g/mol. The number of nitrogens with zero attached hydrogens (tertiary/aromatic N) is 1. The molecule has 1 aliphatic heterocycles. The molecular formula is C20H33N3O. The molecular weight excluding hydrogens is 298 g/mol. The summed E-state index contributed by atoms with van der Waals surface area (Å²) in [4.78, 5) is 15.2. The van der Waals surface area contributed by atoms with Gasteiger partial charge >= 0.3 is 0 Å². The smallest absolute Gasteiger partial charge is 0.244 e. The predicted molar refractivity (Wildman–Crippen MR) is 99.7 cm³/mol. The number of carbonyl (C=O) groups excluding carboxylic acids is 1. The first-order valence-electron chi connectivity index (χ1n) is 9.15. The van der Waals surface area contributed by atoms with Crippen molar-refractivity contribution < 1.29 is 4.79 Å². The molecule has 0 aliphatic carbocycles. The summed E-state index contributed by atoms with van der Waals surface area (Å²) in [6, 6.07) is 9.57. The number of likely N-dealkylation sites (tertiary alicyclic amines) is 1. The molecule has 0 saturated carbocycles. The molecule has 2 unspecified atom stereocenters. The lowest BCUT2D eigenvalue weighted by molar-refractivity contribution is -0.126. The first-order valence-corrected chi connectivity index (χ1v) is 9.15. The lowest BCUT2D eigenvalue weighted by atomic mass is 9.90. The Bertz CT molecular complexity index is 539. The van der Waals surface area contributed by atoms with Gasteiger partial charge in [0.25, 0.3) is 0 Å². The van der Waals surface area contributed by atoms with E-state index in [2.05, 4.69) is 31.0 Å². The van der Waals surface area contributed by atoms with Crippen molar-refractivity contribution in [2.45, 2.75) is 58.0 Å². The van der Waals surface area contributed by atoms with Crippen LogP contribution in [0.5, 0.6) is 0 Å². The van der Waals surface area contributed by atoms with Crippen LogP contribution >= 0.6 is 0 Å². The molecule has 134 valence electrons. The molecule has 0 spiro atoms. The second kappa shape index (κ2) is 7.66. The van der Waals surface area contributed by atoms with Crippen LogP contribution in [0.4, 0.5) is 0 Å². The van der Waals surface area contributed by atoms with E-state index in [0.717, 1.165) is 24.6 Å². The van der Waals surface area contributed by atoms with Crippen molar-refractivity contribution in [3.63, 3.8) is 0 Å². The molecule has 1 saturated heterocycles. The number of carbonyl (C=O) groups is 1. The van der Waals surface area contributed by atoms with Gasteiger partial charge in [-0.3, -0.25) is 9.69 Å². The average Bonchev–Trinajstić information content (AvgIpc) is 2.60. The zero-order valence-corrected chi connectivity index (χ0v) is 15.6. The van der Waals surface area contributed by atoms with Gasteiger partial charge in [0.2, 0.25) is 5.91 Å². The molecule has 1 aromatic carbocycles. The fourth-order valence-corrected chi connectivity index (χ4v) is 3.46. The molecule has 1 aliphatic rings. The van der Waals surface area contributed by atoms with Crippen LogP contribution in [0.3, 0.4) is 0 Å². The highest BCUT2D eigenvalue weighted by Crippen LogP contribution is 2.26. The van der Waals surface area contributed by atoms with Gasteiger partial charge in [-0.15, -0.1) is 0 Å². The molecule has 2 rings (SSSR count). The first-order chi connectivity index (χ1) is 11.3. The molecule has 4 heteroatoms. The SMILES string of the molecule is CCC1CCCN(C(C)(C)CNC(=O)C(C)(N)c2ccccc2)C1. The Balaban J connectivity index is 1.97. The van der Waals surface area contributed by atoms with E-state index in [-0.39, 0.29) is 11.4 Å². The second-order valence-corrected chi connectivity index (χ2v) is 7.93. The molecule has 0 bridgehead atoms.